The number of halogens is 1. The molecule has 6 nitrogen and oxygen atoms in total. The molecular formula is C22H24FN5O. The number of nitrogens with zero attached hydrogens (tertiary/aromatic N) is 4. The molecule has 2 aromatic heterocycles. The molecule has 1 aliphatic heterocycles. The maximum Gasteiger partial charge on any atom is 0.229 e. The zero-order valence-electron chi connectivity index (χ0n) is 16.2. The molecule has 1 amide bonds. The van der Waals surface area contributed by atoms with Gasteiger partial charge in [-0.05, 0) is 35.8 Å². The van der Waals surface area contributed by atoms with Crippen molar-refractivity contribution < 1.29 is 9.18 Å². The molecule has 4 rings (SSSR count). The summed E-state index contributed by atoms with van der Waals surface area (Å²) in [6, 6.07) is 5.51. The summed E-state index contributed by atoms with van der Waals surface area (Å²) in [5.74, 6) is 0.134. The van der Waals surface area contributed by atoms with Crippen LogP contribution in [0.1, 0.15) is 17.5 Å². The zero-order valence-corrected chi connectivity index (χ0v) is 16.2. The van der Waals surface area contributed by atoms with E-state index in [9.17, 15) is 9.18 Å². The second-order valence-corrected chi connectivity index (χ2v) is 7.41. The fraction of sp³-hybridized carbons (Fsp3) is 0.318. The smallest absolute Gasteiger partial charge is 0.229 e. The molecule has 0 bridgehead atoms. The van der Waals surface area contributed by atoms with E-state index >= 15 is 0 Å². The second kappa shape index (κ2) is 8.53. The Morgan fingerprint density at radius 2 is 2.03 bits per heavy atom. The number of allylic oxidation sites excluding steroid dienone is 3. The van der Waals surface area contributed by atoms with Gasteiger partial charge in [0.1, 0.15) is 11.6 Å². The highest BCUT2D eigenvalue weighted by Gasteiger charge is 2.27. The number of amides is 1. The first-order chi connectivity index (χ1) is 14.1. The maximum absolute atomic E-state index is 13.9. The number of rotatable bonds is 4. The van der Waals surface area contributed by atoms with E-state index in [0.717, 1.165) is 30.8 Å². The number of carbonyl (C=O) groups is 1. The van der Waals surface area contributed by atoms with Crippen molar-refractivity contribution in [2.24, 2.45) is 5.92 Å². The minimum atomic E-state index is -0.347. The van der Waals surface area contributed by atoms with E-state index in [1.54, 1.807) is 18.5 Å². The van der Waals surface area contributed by atoms with Crippen molar-refractivity contribution >= 4 is 17.3 Å². The van der Waals surface area contributed by atoms with Gasteiger partial charge in [-0.15, -0.1) is 0 Å². The van der Waals surface area contributed by atoms with Crippen LogP contribution >= 0.6 is 0 Å². The van der Waals surface area contributed by atoms with Crippen LogP contribution < -0.4 is 5.73 Å². The van der Waals surface area contributed by atoms with Gasteiger partial charge in [0.2, 0.25) is 5.91 Å². The van der Waals surface area contributed by atoms with Crippen LogP contribution in [-0.2, 0) is 11.3 Å². The highest BCUT2D eigenvalue weighted by atomic mass is 19.1. The van der Waals surface area contributed by atoms with E-state index in [-0.39, 0.29) is 17.6 Å². The lowest BCUT2D eigenvalue weighted by atomic mass is 9.92. The molecule has 0 aromatic carbocycles. The van der Waals surface area contributed by atoms with Gasteiger partial charge in [0, 0.05) is 50.7 Å². The number of anilines is 1. The number of hydrogen-bond acceptors (Lipinski definition) is 5. The summed E-state index contributed by atoms with van der Waals surface area (Å²) in [6.07, 6.45) is 10.8. The molecule has 0 spiro atoms. The molecule has 1 atom stereocenters. The summed E-state index contributed by atoms with van der Waals surface area (Å²) in [5.41, 5.74) is 8.20. The molecule has 1 saturated heterocycles. The molecule has 7 heteroatoms. The number of nitrogen functional groups attached to an aromatic ring is 1. The summed E-state index contributed by atoms with van der Waals surface area (Å²) in [4.78, 5) is 24.9. The van der Waals surface area contributed by atoms with Gasteiger partial charge >= 0.3 is 0 Å². The van der Waals surface area contributed by atoms with E-state index in [1.807, 2.05) is 35.3 Å². The lowest BCUT2D eigenvalue weighted by Crippen LogP contribution is -2.49. The molecule has 2 aromatic rings. The Bertz CT molecular complexity index is 950. The molecule has 150 valence electrons. The number of carbonyl (C=O) groups excluding carboxylic acids is 1. The van der Waals surface area contributed by atoms with E-state index in [2.05, 4.69) is 14.9 Å². The predicted octanol–water partition coefficient (Wildman–Crippen LogP) is 2.50. The van der Waals surface area contributed by atoms with E-state index in [0.29, 0.717) is 30.9 Å². The van der Waals surface area contributed by atoms with Crippen LogP contribution in [0.5, 0.6) is 0 Å². The average molecular weight is 393 g/mol. The van der Waals surface area contributed by atoms with Crippen molar-refractivity contribution in [1.82, 2.24) is 19.8 Å². The molecule has 29 heavy (non-hydrogen) atoms. The quantitative estimate of drug-likeness (QED) is 0.864. The minimum Gasteiger partial charge on any atom is -0.384 e. The van der Waals surface area contributed by atoms with Crippen LogP contribution in [0.3, 0.4) is 0 Å². The van der Waals surface area contributed by atoms with Gasteiger partial charge in [-0.3, -0.25) is 14.7 Å². The van der Waals surface area contributed by atoms with Crippen molar-refractivity contribution in [2.75, 3.05) is 31.9 Å². The minimum absolute atomic E-state index is 0.138. The lowest BCUT2D eigenvalue weighted by Gasteiger charge is -2.36. The molecule has 2 N–H and O–H groups in total. The van der Waals surface area contributed by atoms with Crippen molar-refractivity contribution in [1.29, 1.82) is 0 Å². The van der Waals surface area contributed by atoms with Crippen LogP contribution in [0.2, 0.25) is 0 Å². The van der Waals surface area contributed by atoms with E-state index in [1.165, 1.54) is 6.20 Å². The molecule has 1 aliphatic carbocycles. The van der Waals surface area contributed by atoms with Crippen molar-refractivity contribution in [2.45, 2.75) is 13.0 Å². The highest BCUT2D eigenvalue weighted by Crippen LogP contribution is 2.27. The third-order valence-electron chi connectivity index (χ3n) is 5.44. The van der Waals surface area contributed by atoms with Gasteiger partial charge in [0.05, 0.1) is 12.1 Å². The SMILES string of the molecule is Nc1cc(CN2CCN(C(=O)C3C=CC(c4ccncc4F)=CC3)CC2)ccn1. The van der Waals surface area contributed by atoms with E-state index in [4.69, 9.17) is 5.73 Å². The van der Waals surface area contributed by atoms with Gasteiger partial charge in [-0.2, -0.15) is 0 Å². The van der Waals surface area contributed by atoms with Crippen LogP contribution in [0, 0.1) is 11.7 Å². The van der Waals surface area contributed by atoms with Crippen molar-refractivity contribution in [3.63, 3.8) is 0 Å². The summed E-state index contributed by atoms with van der Waals surface area (Å²) in [7, 11) is 0. The summed E-state index contributed by atoms with van der Waals surface area (Å²) >= 11 is 0. The number of nitrogens with two attached hydrogens (primary N) is 1. The molecule has 1 fully saturated rings. The molecule has 2 aliphatic rings. The van der Waals surface area contributed by atoms with Crippen molar-refractivity contribution in [3.05, 3.63) is 72.0 Å². The van der Waals surface area contributed by atoms with Crippen molar-refractivity contribution in [3.8, 4) is 0 Å². The molecule has 0 radical (unpaired) electrons. The average Bonchev–Trinajstić information content (AvgIpc) is 2.74. The molecule has 3 heterocycles. The number of piperazine rings is 1. The standard InChI is InChI=1S/C22H24FN5O/c23-20-14-25-7-6-19(20)17-1-3-18(4-2-17)22(29)28-11-9-27(10-12-28)15-16-5-8-26-21(24)13-16/h1-3,5-8,13-14,18H,4,9-12,15H2,(H2,24,26). The third-order valence-corrected chi connectivity index (χ3v) is 5.44. The molecule has 0 saturated carbocycles. The summed E-state index contributed by atoms with van der Waals surface area (Å²) in [5, 5.41) is 0. The lowest BCUT2D eigenvalue weighted by molar-refractivity contribution is -0.135. The van der Waals surface area contributed by atoms with Gasteiger partial charge in [0.15, 0.2) is 0 Å². The summed E-state index contributed by atoms with van der Waals surface area (Å²) in [6.45, 7) is 3.88. The Balaban J connectivity index is 1.30. The van der Waals surface area contributed by atoms with Gasteiger partial charge in [-0.1, -0.05) is 18.2 Å². The monoisotopic (exact) mass is 393 g/mol. The first kappa shape index (κ1) is 19.3. The van der Waals surface area contributed by atoms with Crippen LogP contribution in [0.15, 0.2) is 55.0 Å². The normalized spacial score (nSPS) is 19.8. The Labute approximate surface area is 169 Å². The Morgan fingerprint density at radius 1 is 1.21 bits per heavy atom. The third kappa shape index (κ3) is 4.51. The van der Waals surface area contributed by atoms with Gasteiger partial charge < -0.3 is 10.6 Å². The largest absolute Gasteiger partial charge is 0.384 e. The number of hydrogen-bond donors (Lipinski definition) is 1. The zero-order chi connectivity index (χ0) is 20.2. The van der Waals surface area contributed by atoms with E-state index < -0.39 is 0 Å². The number of pyridine rings is 2. The molecular weight excluding hydrogens is 369 g/mol. The molecule has 1 unspecified atom stereocenters. The van der Waals surface area contributed by atoms with Crippen LogP contribution in [-0.4, -0.2) is 51.9 Å². The Morgan fingerprint density at radius 3 is 2.72 bits per heavy atom. The summed E-state index contributed by atoms with van der Waals surface area (Å²) < 4.78 is 13.9. The fourth-order valence-corrected chi connectivity index (χ4v) is 3.82. The second-order valence-electron chi connectivity index (χ2n) is 7.41. The first-order valence-corrected chi connectivity index (χ1v) is 9.80. The fourth-order valence-electron chi connectivity index (χ4n) is 3.82. The predicted molar refractivity (Wildman–Crippen MR) is 110 cm³/mol. The Hall–Kier alpha value is -3.06. The first-order valence-electron chi connectivity index (χ1n) is 9.80. The van der Waals surface area contributed by atoms with Gasteiger partial charge in [-0.25, -0.2) is 9.37 Å². The maximum atomic E-state index is 13.9. The van der Waals surface area contributed by atoms with Gasteiger partial charge in [0.25, 0.3) is 0 Å². The topological polar surface area (TPSA) is 75.3 Å². The highest BCUT2D eigenvalue weighted by molar-refractivity contribution is 5.84. The van der Waals surface area contributed by atoms with Crippen LogP contribution in [0.4, 0.5) is 10.2 Å². The number of aromatic nitrogens is 2. The Kier molecular flexibility index (Phi) is 5.67. The van der Waals surface area contributed by atoms with Crippen LogP contribution in [0.25, 0.3) is 5.57 Å².